The minimum absolute atomic E-state index is 0.101. The first-order chi connectivity index (χ1) is 14.5. The fourth-order valence-corrected chi connectivity index (χ4v) is 8.01. The van der Waals surface area contributed by atoms with Crippen molar-refractivity contribution < 1.29 is 14.3 Å². The van der Waals surface area contributed by atoms with Gasteiger partial charge >= 0.3 is 0 Å². The van der Waals surface area contributed by atoms with Crippen LogP contribution in [0.25, 0.3) is 0 Å². The summed E-state index contributed by atoms with van der Waals surface area (Å²) >= 11 is 0. The minimum Gasteiger partial charge on any atom is -0.367 e. The second kappa shape index (κ2) is 7.47. The number of amides is 1. The Morgan fingerprint density at radius 3 is 2.47 bits per heavy atom. The van der Waals surface area contributed by atoms with Crippen LogP contribution in [-0.4, -0.2) is 24.4 Å². The third-order valence-electron chi connectivity index (χ3n) is 9.60. The molecule has 1 N–H and O–H groups in total. The predicted molar refractivity (Wildman–Crippen MR) is 117 cm³/mol. The summed E-state index contributed by atoms with van der Waals surface area (Å²) in [5.41, 5.74) is 1.19. The van der Waals surface area contributed by atoms with Gasteiger partial charge in [0.1, 0.15) is 12.4 Å². The largest absolute Gasteiger partial charge is 0.367 e. The smallest absolute Gasteiger partial charge is 0.228 e. The van der Waals surface area contributed by atoms with Crippen LogP contribution in [0, 0.1) is 34.5 Å². The van der Waals surface area contributed by atoms with Crippen molar-refractivity contribution in [2.24, 2.45) is 34.5 Å². The number of aldehydes is 1. The number of carbonyl (C=O) groups is 2. The summed E-state index contributed by atoms with van der Waals surface area (Å²) in [5.74, 6) is 2.30. The highest BCUT2D eigenvalue weighted by Crippen LogP contribution is 2.66. The first-order valence-electron chi connectivity index (χ1n) is 11.9. The van der Waals surface area contributed by atoms with Gasteiger partial charge in [-0.25, -0.2) is 0 Å². The molecule has 1 unspecified atom stereocenters. The maximum atomic E-state index is 13.2. The van der Waals surface area contributed by atoms with E-state index >= 15 is 0 Å². The van der Waals surface area contributed by atoms with E-state index in [1.165, 1.54) is 19.3 Å². The minimum atomic E-state index is -0.203. The van der Waals surface area contributed by atoms with Crippen molar-refractivity contribution in [2.75, 3.05) is 5.32 Å². The summed E-state index contributed by atoms with van der Waals surface area (Å²) < 4.78 is 6.22. The Morgan fingerprint density at radius 2 is 1.70 bits per heavy atom. The average molecular weight is 410 g/mol. The van der Waals surface area contributed by atoms with Gasteiger partial charge < -0.3 is 14.8 Å². The number of para-hydroxylation sites is 1. The van der Waals surface area contributed by atoms with Gasteiger partial charge in [0, 0.05) is 11.6 Å². The van der Waals surface area contributed by atoms with Gasteiger partial charge in [0.05, 0.1) is 6.10 Å². The Morgan fingerprint density at radius 1 is 0.967 bits per heavy atom. The summed E-state index contributed by atoms with van der Waals surface area (Å²) in [4.78, 5) is 24.5. The van der Waals surface area contributed by atoms with Crippen LogP contribution in [0.5, 0.6) is 0 Å². The zero-order chi connectivity index (χ0) is 20.9. The van der Waals surface area contributed by atoms with E-state index in [4.69, 9.17) is 4.74 Å². The molecule has 5 rings (SSSR count). The molecule has 162 valence electrons. The summed E-state index contributed by atoms with van der Waals surface area (Å²) in [7, 11) is 0. The van der Waals surface area contributed by atoms with E-state index in [-0.39, 0.29) is 34.9 Å². The molecule has 8 atom stereocenters. The fraction of sp³-hybridized carbons (Fsp3) is 0.692. The average Bonchev–Trinajstić information content (AvgIpc) is 3.11. The Hall–Kier alpha value is -1.68. The molecule has 3 saturated carbocycles. The molecule has 1 saturated heterocycles. The lowest BCUT2D eigenvalue weighted by molar-refractivity contribution is -0.195. The lowest BCUT2D eigenvalue weighted by atomic mass is 9.47. The van der Waals surface area contributed by atoms with Crippen molar-refractivity contribution in [3.8, 4) is 0 Å². The highest BCUT2D eigenvalue weighted by Gasteiger charge is 2.61. The number of ether oxygens (including phenoxy) is 1. The number of carbonyl (C=O) groups excluding carboxylic acids is 2. The van der Waals surface area contributed by atoms with E-state index in [1.807, 2.05) is 30.3 Å². The van der Waals surface area contributed by atoms with E-state index in [9.17, 15) is 9.59 Å². The third-order valence-corrected chi connectivity index (χ3v) is 9.60. The molecule has 4 heteroatoms. The Kier molecular flexibility index (Phi) is 5.04. The van der Waals surface area contributed by atoms with Crippen LogP contribution in [-0.2, 0) is 14.3 Å². The van der Waals surface area contributed by atoms with Crippen LogP contribution < -0.4 is 5.32 Å². The van der Waals surface area contributed by atoms with Crippen LogP contribution >= 0.6 is 0 Å². The summed E-state index contributed by atoms with van der Waals surface area (Å²) in [5, 5.41) is 3.19. The van der Waals surface area contributed by atoms with Crippen LogP contribution in [0.15, 0.2) is 30.3 Å². The zero-order valence-electron chi connectivity index (χ0n) is 18.3. The zero-order valence-corrected chi connectivity index (χ0v) is 18.3. The van der Waals surface area contributed by atoms with Crippen LogP contribution in [0.1, 0.15) is 65.2 Å². The molecule has 4 nitrogen and oxygen atoms in total. The lowest BCUT2D eigenvalue weighted by Gasteiger charge is -2.60. The lowest BCUT2D eigenvalue weighted by Crippen LogP contribution is -2.57. The maximum absolute atomic E-state index is 13.2. The van der Waals surface area contributed by atoms with Crippen LogP contribution in [0.4, 0.5) is 5.69 Å². The molecule has 0 bridgehead atoms. The van der Waals surface area contributed by atoms with Crippen LogP contribution in [0.3, 0.4) is 0 Å². The highest BCUT2D eigenvalue weighted by molar-refractivity contribution is 5.93. The van der Waals surface area contributed by atoms with Gasteiger partial charge in [-0.2, -0.15) is 0 Å². The molecule has 3 aliphatic carbocycles. The van der Waals surface area contributed by atoms with Crippen molar-refractivity contribution >= 4 is 17.9 Å². The van der Waals surface area contributed by atoms with Crippen molar-refractivity contribution in [1.82, 2.24) is 0 Å². The number of hydrogen-bond donors (Lipinski definition) is 1. The molecule has 1 heterocycles. The molecule has 1 aromatic carbocycles. The van der Waals surface area contributed by atoms with Gasteiger partial charge in [0.25, 0.3) is 0 Å². The highest BCUT2D eigenvalue weighted by atomic mass is 16.5. The Bertz CT molecular complexity index is 810. The summed E-state index contributed by atoms with van der Waals surface area (Å²) in [6.45, 7) is 4.82. The van der Waals surface area contributed by atoms with Crippen molar-refractivity contribution in [3.63, 3.8) is 0 Å². The molecular formula is C26H35NO3. The fourth-order valence-electron chi connectivity index (χ4n) is 8.01. The number of rotatable bonds is 3. The normalized spacial score (nSPS) is 45.0. The van der Waals surface area contributed by atoms with Gasteiger partial charge in [-0.3, -0.25) is 4.79 Å². The maximum Gasteiger partial charge on any atom is 0.228 e. The molecular weight excluding hydrogens is 374 g/mol. The number of fused-ring (bicyclic) bond motifs is 5. The molecule has 1 amide bonds. The van der Waals surface area contributed by atoms with E-state index in [1.54, 1.807) is 0 Å². The molecule has 1 aliphatic heterocycles. The molecule has 4 fully saturated rings. The quantitative estimate of drug-likeness (QED) is 0.696. The summed E-state index contributed by atoms with van der Waals surface area (Å²) in [6.07, 6.45) is 9.73. The van der Waals surface area contributed by atoms with Crippen molar-refractivity contribution in [1.29, 1.82) is 0 Å². The number of anilines is 1. The molecule has 0 spiro atoms. The third kappa shape index (κ3) is 3.05. The van der Waals surface area contributed by atoms with Crippen molar-refractivity contribution in [2.45, 2.75) is 77.4 Å². The first kappa shape index (κ1) is 20.2. The van der Waals surface area contributed by atoms with Gasteiger partial charge in [-0.1, -0.05) is 32.0 Å². The van der Waals surface area contributed by atoms with Gasteiger partial charge in [-0.15, -0.1) is 0 Å². The first-order valence-corrected chi connectivity index (χ1v) is 11.9. The van der Waals surface area contributed by atoms with Gasteiger partial charge in [0.2, 0.25) is 5.91 Å². The van der Waals surface area contributed by atoms with E-state index in [0.29, 0.717) is 17.8 Å². The standard InChI is InChI=1S/C26H35NO3/c1-25-15-13-21-19(8-11-23-26(21,2)14-12-18(16-28)30-23)20(25)9-10-22(25)24(29)27-17-6-4-3-5-7-17/h3-7,16,18-23H,8-15H2,1-2H3,(H,27,29)/t18?,19-,20-,21-,22+,23+,25-,26+/m0/s1. The van der Waals surface area contributed by atoms with E-state index < -0.39 is 0 Å². The van der Waals surface area contributed by atoms with Gasteiger partial charge in [-0.05, 0) is 92.1 Å². The Balaban J connectivity index is 1.34. The number of benzene rings is 1. The molecule has 0 aromatic heterocycles. The van der Waals surface area contributed by atoms with E-state index in [2.05, 4.69) is 19.2 Å². The van der Waals surface area contributed by atoms with E-state index in [0.717, 1.165) is 44.1 Å². The summed E-state index contributed by atoms with van der Waals surface area (Å²) in [6, 6.07) is 9.87. The number of nitrogens with one attached hydrogen (secondary N) is 1. The van der Waals surface area contributed by atoms with Crippen molar-refractivity contribution in [3.05, 3.63) is 30.3 Å². The second-order valence-electron chi connectivity index (χ2n) is 10.8. The molecule has 4 aliphatic rings. The topological polar surface area (TPSA) is 55.4 Å². The second-order valence-corrected chi connectivity index (χ2v) is 10.8. The Labute approximate surface area is 180 Å². The van der Waals surface area contributed by atoms with Crippen LogP contribution in [0.2, 0.25) is 0 Å². The predicted octanol–water partition coefficient (Wildman–Crippen LogP) is 5.23. The van der Waals surface area contributed by atoms with Gasteiger partial charge in [0.15, 0.2) is 0 Å². The monoisotopic (exact) mass is 409 g/mol. The molecule has 1 aromatic rings. The molecule has 0 radical (unpaired) electrons. The SMILES string of the molecule is C[C@]12CCC(C=O)O[C@@H]1CC[C@@H]1[C@@H]2CC[C@]2(C)[C@@H](C(=O)Nc3ccccc3)CC[C@@H]12. The molecule has 30 heavy (non-hydrogen) atoms. The number of hydrogen-bond acceptors (Lipinski definition) is 3.